The van der Waals surface area contributed by atoms with Crippen molar-refractivity contribution in [3.05, 3.63) is 18.5 Å². The Balaban J connectivity index is 1.92. The lowest BCUT2D eigenvalue weighted by Crippen LogP contribution is -2.43. The van der Waals surface area contributed by atoms with Crippen LogP contribution in [0.25, 0.3) is 0 Å². The summed E-state index contributed by atoms with van der Waals surface area (Å²) in [6.45, 7) is 7.31. The maximum Gasteiger partial charge on any atom is 0.155 e. The molecule has 6 nitrogen and oxygen atoms in total. The van der Waals surface area contributed by atoms with Crippen molar-refractivity contribution in [2.24, 2.45) is 0 Å². The van der Waals surface area contributed by atoms with Gasteiger partial charge < -0.3 is 15.0 Å². The van der Waals surface area contributed by atoms with E-state index >= 15 is 0 Å². The lowest BCUT2D eigenvalue weighted by molar-refractivity contribution is 0.339. The van der Waals surface area contributed by atoms with Crippen LogP contribution in [0.15, 0.2) is 18.5 Å². The minimum Gasteiger partial charge on any atom is -0.491 e. The number of aromatic nitrogens is 1. The highest BCUT2D eigenvalue weighted by Gasteiger charge is 2.16. The SMILES string of the molecule is CC(C)S(=O)(=O)CCOc1cncc(N2CCNCC2)c1. The monoisotopic (exact) mass is 313 g/mol. The van der Waals surface area contributed by atoms with E-state index in [0.717, 1.165) is 31.9 Å². The van der Waals surface area contributed by atoms with Crippen LogP contribution in [0.2, 0.25) is 0 Å². The number of anilines is 1. The van der Waals surface area contributed by atoms with Crippen molar-refractivity contribution < 1.29 is 13.2 Å². The molecule has 0 aromatic carbocycles. The highest BCUT2D eigenvalue weighted by molar-refractivity contribution is 7.91. The summed E-state index contributed by atoms with van der Waals surface area (Å²) in [7, 11) is -3.06. The lowest BCUT2D eigenvalue weighted by atomic mass is 10.3. The van der Waals surface area contributed by atoms with Crippen molar-refractivity contribution in [3.63, 3.8) is 0 Å². The summed E-state index contributed by atoms with van der Waals surface area (Å²) < 4.78 is 29.0. The van der Waals surface area contributed by atoms with Crippen molar-refractivity contribution in [1.29, 1.82) is 0 Å². The topological polar surface area (TPSA) is 71.5 Å². The molecule has 0 saturated carbocycles. The summed E-state index contributed by atoms with van der Waals surface area (Å²) >= 11 is 0. The van der Waals surface area contributed by atoms with E-state index in [-0.39, 0.29) is 17.6 Å². The number of pyridine rings is 1. The summed E-state index contributed by atoms with van der Waals surface area (Å²) in [5, 5.41) is 2.93. The molecule has 0 unspecified atom stereocenters. The van der Waals surface area contributed by atoms with Crippen LogP contribution in [0.4, 0.5) is 5.69 Å². The number of rotatable bonds is 6. The van der Waals surface area contributed by atoms with Gasteiger partial charge in [-0.15, -0.1) is 0 Å². The average molecular weight is 313 g/mol. The van der Waals surface area contributed by atoms with E-state index in [1.54, 1.807) is 20.0 Å². The molecule has 21 heavy (non-hydrogen) atoms. The Hall–Kier alpha value is -1.34. The van der Waals surface area contributed by atoms with Crippen LogP contribution in [-0.2, 0) is 9.84 Å². The number of nitrogens with zero attached hydrogens (tertiary/aromatic N) is 2. The minimum atomic E-state index is -3.06. The van der Waals surface area contributed by atoms with Gasteiger partial charge in [0.05, 0.1) is 29.1 Å². The highest BCUT2D eigenvalue weighted by Crippen LogP contribution is 2.20. The number of hydrogen-bond acceptors (Lipinski definition) is 6. The summed E-state index contributed by atoms with van der Waals surface area (Å²) in [5.74, 6) is 0.646. The normalized spacial score (nSPS) is 16.2. The minimum absolute atomic E-state index is 0.0303. The van der Waals surface area contributed by atoms with E-state index < -0.39 is 9.84 Å². The standard InChI is InChI=1S/C14H23N3O3S/c1-12(2)21(18,19)8-7-20-14-9-13(10-16-11-14)17-5-3-15-4-6-17/h9-12,15H,3-8H2,1-2H3. The molecule has 1 aliphatic rings. The van der Waals surface area contributed by atoms with E-state index in [4.69, 9.17) is 4.74 Å². The highest BCUT2D eigenvalue weighted by atomic mass is 32.2. The molecular formula is C14H23N3O3S. The molecule has 0 aliphatic carbocycles. The predicted molar refractivity (Wildman–Crippen MR) is 83.7 cm³/mol. The average Bonchev–Trinajstić information content (AvgIpc) is 2.48. The van der Waals surface area contributed by atoms with Gasteiger partial charge in [0, 0.05) is 32.2 Å². The number of hydrogen-bond donors (Lipinski definition) is 1. The zero-order valence-electron chi connectivity index (χ0n) is 12.6. The van der Waals surface area contributed by atoms with E-state index in [1.807, 2.05) is 12.3 Å². The Bertz CT molecular complexity index is 554. The predicted octanol–water partition coefficient (Wildman–Crippen LogP) is 0.693. The molecule has 0 atom stereocenters. The van der Waals surface area contributed by atoms with Crippen molar-refractivity contribution >= 4 is 15.5 Å². The molecule has 118 valence electrons. The van der Waals surface area contributed by atoms with Crippen molar-refractivity contribution in [2.45, 2.75) is 19.1 Å². The van der Waals surface area contributed by atoms with Crippen LogP contribution < -0.4 is 15.0 Å². The van der Waals surface area contributed by atoms with Gasteiger partial charge in [-0.25, -0.2) is 8.42 Å². The van der Waals surface area contributed by atoms with Gasteiger partial charge in [-0.05, 0) is 13.8 Å². The van der Waals surface area contributed by atoms with Crippen LogP contribution in [0.1, 0.15) is 13.8 Å². The summed E-state index contributed by atoms with van der Waals surface area (Å²) in [6, 6.07) is 1.92. The molecule has 0 spiro atoms. The zero-order valence-corrected chi connectivity index (χ0v) is 13.4. The van der Waals surface area contributed by atoms with Crippen LogP contribution >= 0.6 is 0 Å². The molecule has 1 aromatic heterocycles. The second-order valence-electron chi connectivity index (χ2n) is 5.38. The molecule has 1 saturated heterocycles. The zero-order chi connectivity index (χ0) is 15.3. The fourth-order valence-electron chi connectivity index (χ4n) is 2.09. The van der Waals surface area contributed by atoms with E-state index in [2.05, 4.69) is 15.2 Å². The second-order valence-corrected chi connectivity index (χ2v) is 8.06. The second kappa shape index (κ2) is 7.09. The Morgan fingerprint density at radius 2 is 2.05 bits per heavy atom. The van der Waals surface area contributed by atoms with Gasteiger partial charge in [0.1, 0.15) is 12.4 Å². The van der Waals surface area contributed by atoms with Crippen LogP contribution in [-0.4, -0.2) is 57.2 Å². The van der Waals surface area contributed by atoms with E-state index in [9.17, 15) is 8.42 Å². The quantitative estimate of drug-likeness (QED) is 0.833. The Labute approximate surface area is 126 Å². The summed E-state index contributed by atoms with van der Waals surface area (Å²) in [5.41, 5.74) is 1.01. The van der Waals surface area contributed by atoms with Gasteiger partial charge in [-0.3, -0.25) is 4.98 Å². The van der Waals surface area contributed by atoms with Crippen molar-refractivity contribution in [3.8, 4) is 5.75 Å². The van der Waals surface area contributed by atoms with Gasteiger partial charge in [0.15, 0.2) is 9.84 Å². The van der Waals surface area contributed by atoms with Crippen molar-refractivity contribution in [1.82, 2.24) is 10.3 Å². The summed E-state index contributed by atoms with van der Waals surface area (Å²) in [6.07, 6.45) is 3.43. The van der Waals surface area contributed by atoms with Gasteiger partial charge in [0.2, 0.25) is 0 Å². The molecule has 1 fully saturated rings. The van der Waals surface area contributed by atoms with Crippen LogP contribution in [0.3, 0.4) is 0 Å². The molecular weight excluding hydrogens is 290 g/mol. The molecule has 0 bridgehead atoms. The van der Waals surface area contributed by atoms with Gasteiger partial charge in [0.25, 0.3) is 0 Å². The van der Waals surface area contributed by atoms with Crippen LogP contribution in [0.5, 0.6) is 5.75 Å². The molecule has 1 aromatic rings. The third-order valence-electron chi connectivity index (χ3n) is 3.54. The maximum absolute atomic E-state index is 11.7. The third kappa shape index (κ3) is 4.57. The van der Waals surface area contributed by atoms with Gasteiger partial charge in [-0.2, -0.15) is 0 Å². The first kappa shape index (κ1) is 16.0. The molecule has 2 heterocycles. The molecule has 0 amide bonds. The first-order valence-electron chi connectivity index (χ1n) is 7.24. The Morgan fingerprint density at radius 1 is 1.33 bits per heavy atom. The van der Waals surface area contributed by atoms with Gasteiger partial charge >= 0.3 is 0 Å². The largest absolute Gasteiger partial charge is 0.491 e. The fourth-order valence-corrected chi connectivity index (χ4v) is 2.88. The van der Waals surface area contributed by atoms with Crippen molar-refractivity contribution in [2.75, 3.05) is 43.4 Å². The molecule has 0 radical (unpaired) electrons. The lowest BCUT2D eigenvalue weighted by Gasteiger charge is -2.29. The number of sulfone groups is 1. The molecule has 1 N–H and O–H groups in total. The van der Waals surface area contributed by atoms with Gasteiger partial charge in [-0.1, -0.05) is 0 Å². The molecule has 1 aliphatic heterocycles. The number of piperazine rings is 1. The summed E-state index contributed by atoms with van der Waals surface area (Å²) in [4.78, 5) is 6.41. The maximum atomic E-state index is 11.7. The third-order valence-corrected chi connectivity index (χ3v) is 5.71. The van der Waals surface area contributed by atoms with E-state index in [0.29, 0.717) is 5.75 Å². The molecule has 7 heteroatoms. The Kier molecular flexibility index (Phi) is 5.41. The first-order chi connectivity index (χ1) is 9.99. The fraction of sp³-hybridized carbons (Fsp3) is 0.643. The van der Waals surface area contributed by atoms with Crippen LogP contribution in [0, 0.1) is 0 Å². The number of ether oxygens (including phenoxy) is 1. The smallest absolute Gasteiger partial charge is 0.155 e. The Morgan fingerprint density at radius 3 is 2.71 bits per heavy atom. The van der Waals surface area contributed by atoms with E-state index in [1.165, 1.54) is 0 Å². The first-order valence-corrected chi connectivity index (χ1v) is 8.95. The number of nitrogens with one attached hydrogen (secondary N) is 1. The molecule has 2 rings (SSSR count).